The molecule has 0 atom stereocenters. The predicted octanol–water partition coefficient (Wildman–Crippen LogP) is 3.52. The molecule has 1 aromatic heterocycles. The molecule has 0 spiro atoms. The van der Waals surface area contributed by atoms with Gasteiger partial charge in [-0.25, -0.2) is 0 Å². The lowest BCUT2D eigenvalue weighted by molar-refractivity contribution is -0.117. The van der Waals surface area contributed by atoms with Crippen molar-refractivity contribution in [2.45, 2.75) is 6.54 Å². The normalized spacial score (nSPS) is 10.7. The molecular formula is C16H12Cl2N4O. The van der Waals surface area contributed by atoms with E-state index >= 15 is 0 Å². The van der Waals surface area contributed by atoms with Crippen molar-refractivity contribution < 1.29 is 4.79 Å². The summed E-state index contributed by atoms with van der Waals surface area (Å²) in [6.45, 7) is 0.281. The van der Waals surface area contributed by atoms with Crippen LogP contribution in [-0.2, 0) is 11.3 Å². The van der Waals surface area contributed by atoms with E-state index in [9.17, 15) is 4.79 Å². The maximum absolute atomic E-state index is 12.0. The Morgan fingerprint density at radius 1 is 1.35 bits per heavy atom. The lowest BCUT2D eigenvalue weighted by Crippen LogP contribution is -2.24. The average Bonchev–Trinajstić information content (AvgIpc) is 2.57. The van der Waals surface area contributed by atoms with E-state index in [-0.39, 0.29) is 12.1 Å². The van der Waals surface area contributed by atoms with E-state index in [4.69, 9.17) is 28.5 Å². The monoisotopic (exact) mass is 346 g/mol. The zero-order chi connectivity index (χ0) is 16.7. The van der Waals surface area contributed by atoms with Crippen molar-refractivity contribution in [2.75, 3.05) is 5.32 Å². The number of carbonyl (C=O) groups is 1. The first-order chi connectivity index (χ1) is 11.1. The number of benzene rings is 1. The molecule has 0 aliphatic carbocycles. The van der Waals surface area contributed by atoms with E-state index < -0.39 is 5.91 Å². The summed E-state index contributed by atoms with van der Waals surface area (Å²) in [4.78, 5) is 16.0. The number of aromatic nitrogens is 1. The van der Waals surface area contributed by atoms with E-state index in [2.05, 4.69) is 15.6 Å². The molecule has 0 aliphatic rings. The summed E-state index contributed by atoms with van der Waals surface area (Å²) < 4.78 is 0. The Hall–Kier alpha value is -2.55. The van der Waals surface area contributed by atoms with Crippen LogP contribution in [0.25, 0.3) is 0 Å². The molecule has 0 fully saturated rings. The highest BCUT2D eigenvalue weighted by atomic mass is 35.5. The molecule has 116 valence electrons. The van der Waals surface area contributed by atoms with Crippen molar-refractivity contribution in [1.82, 2.24) is 10.3 Å². The van der Waals surface area contributed by atoms with Crippen molar-refractivity contribution >= 4 is 34.8 Å². The summed E-state index contributed by atoms with van der Waals surface area (Å²) in [5, 5.41) is 15.5. The van der Waals surface area contributed by atoms with Crippen LogP contribution in [-0.4, -0.2) is 10.9 Å². The van der Waals surface area contributed by atoms with Gasteiger partial charge >= 0.3 is 0 Å². The van der Waals surface area contributed by atoms with Crippen LogP contribution >= 0.6 is 23.2 Å². The number of rotatable bonds is 5. The van der Waals surface area contributed by atoms with Crippen LogP contribution in [0.1, 0.15) is 5.56 Å². The smallest absolute Gasteiger partial charge is 0.263 e. The minimum Gasteiger partial charge on any atom is -0.359 e. The molecule has 0 unspecified atom stereocenters. The zero-order valence-electron chi connectivity index (χ0n) is 11.9. The van der Waals surface area contributed by atoms with Crippen LogP contribution in [0.4, 0.5) is 5.69 Å². The van der Waals surface area contributed by atoms with Crippen LogP contribution in [0.2, 0.25) is 10.0 Å². The summed E-state index contributed by atoms with van der Waals surface area (Å²) >= 11 is 11.9. The number of nitriles is 1. The Morgan fingerprint density at radius 2 is 2.17 bits per heavy atom. The Kier molecular flexibility index (Phi) is 5.98. The Morgan fingerprint density at radius 3 is 2.87 bits per heavy atom. The van der Waals surface area contributed by atoms with Gasteiger partial charge in [0.05, 0.1) is 10.7 Å². The summed E-state index contributed by atoms with van der Waals surface area (Å²) in [6.07, 6.45) is 4.57. The third-order valence-corrected chi connectivity index (χ3v) is 3.41. The van der Waals surface area contributed by atoms with Crippen molar-refractivity contribution in [3.8, 4) is 6.07 Å². The van der Waals surface area contributed by atoms with Gasteiger partial charge in [0, 0.05) is 30.2 Å². The molecule has 0 bridgehead atoms. The lowest BCUT2D eigenvalue weighted by Gasteiger charge is -2.06. The van der Waals surface area contributed by atoms with Gasteiger partial charge in [0.1, 0.15) is 11.6 Å². The summed E-state index contributed by atoms with van der Waals surface area (Å²) in [6, 6.07) is 10.3. The number of halogens is 2. The van der Waals surface area contributed by atoms with Gasteiger partial charge in [-0.15, -0.1) is 0 Å². The molecule has 0 saturated carbocycles. The van der Waals surface area contributed by atoms with E-state index in [0.717, 1.165) is 5.56 Å². The van der Waals surface area contributed by atoms with Crippen LogP contribution in [0.15, 0.2) is 54.5 Å². The highest BCUT2D eigenvalue weighted by molar-refractivity contribution is 6.35. The number of nitrogens with one attached hydrogen (secondary N) is 2. The van der Waals surface area contributed by atoms with Gasteiger partial charge in [-0.3, -0.25) is 9.78 Å². The first-order valence-electron chi connectivity index (χ1n) is 6.59. The second-order valence-corrected chi connectivity index (χ2v) is 5.33. The van der Waals surface area contributed by atoms with Gasteiger partial charge in [0.15, 0.2) is 0 Å². The fourth-order valence-electron chi connectivity index (χ4n) is 1.69. The first-order valence-corrected chi connectivity index (χ1v) is 7.34. The van der Waals surface area contributed by atoms with Crippen LogP contribution < -0.4 is 10.6 Å². The fourth-order valence-corrected chi connectivity index (χ4v) is 2.03. The van der Waals surface area contributed by atoms with Crippen LogP contribution in [0, 0.1) is 11.3 Å². The van der Waals surface area contributed by atoms with Gasteiger partial charge < -0.3 is 10.6 Å². The number of hydrogen-bond acceptors (Lipinski definition) is 4. The SMILES string of the molecule is N#C/C(=C/Nc1cc(Cl)ccc1Cl)C(=O)NCc1cccnc1. The molecule has 5 nitrogen and oxygen atoms in total. The summed E-state index contributed by atoms with van der Waals surface area (Å²) in [7, 11) is 0. The zero-order valence-corrected chi connectivity index (χ0v) is 13.4. The second-order valence-electron chi connectivity index (χ2n) is 4.48. The molecule has 1 heterocycles. The number of carbonyl (C=O) groups excluding carboxylic acids is 1. The van der Waals surface area contributed by atoms with Crippen molar-refractivity contribution in [1.29, 1.82) is 5.26 Å². The van der Waals surface area contributed by atoms with E-state index in [1.165, 1.54) is 6.20 Å². The number of anilines is 1. The van der Waals surface area contributed by atoms with Crippen molar-refractivity contribution in [2.24, 2.45) is 0 Å². The highest BCUT2D eigenvalue weighted by Gasteiger charge is 2.09. The first kappa shape index (κ1) is 16.8. The molecule has 2 aromatic rings. The van der Waals surface area contributed by atoms with Gasteiger partial charge in [-0.05, 0) is 29.8 Å². The third kappa shape index (κ3) is 4.99. The summed E-state index contributed by atoms with van der Waals surface area (Å²) in [5.41, 5.74) is 1.26. The van der Waals surface area contributed by atoms with Gasteiger partial charge in [-0.2, -0.15) is 5.26 Å². The van der Waals surface area contributed by atoms with Crippen molar-refractivity contribution in [3.63, 3.8) is 0 Å². The van der Waals surface area contributed by atoms with Gasteiger partial charge in [0.25, 0.3) is 5.91 Å². The van der Waals surface area contributed by atoms with E-state index in [1.807, 2.05) is 12.1 Å². The minimum atomic E-state index is -0.498. The molecule has 0 radical (unpaired) electrons. The van der Waals surface area contributed by atoms with E-state index in [1.54, 1.807) is 36.7 Å². The van der Waals surface area contributed by atoms with Gasteiger partial charge in [0.2, 0.25) is 0 Å². The van der Waals surface area contributed by atoms with Crippen molar-refractivity contribution in [3.05, 3.63) is 70.1 Å². The maximum atomic E-state index is 12.0. The topological polar surface area (TPSA) is 77.8 Å². The molecule has 1 amide bonds. The Balaban J connectivity index is 2.02. The molecule has 0 aliphatic heterocycles. The number of pyridine rings is 1. The Labute approximate surface area is 143 Å². The van der Waals surface area contributed by atoms with Crippen LogP contribution in [0.3, 0.4) is 0 Å². The molecule has 7 heteroatoms. The predicted molar refractivity (Wildman–Crippen MR) is 89.9 cm³/mol. The quantitative estimate of drug-likeness (QED) is 0.641. The summed E-state index contributed by atoms with van der Waals surface area (Å²) in [5.74, 6) is -0.498. The fraction of sp³-hybridized carbons (Fsp3) is 0.0625. The molecule has 23 heavy (non-hydrogen) atoms. The number of amides is 1. The second kappa shape index (κ2) is 8.18. The molecule has 2 N–H and O–H groups in total. The molecule has 0 saturated heterocycles. The largest absolute Gasteiger partial charge is 0.359 e. The van der Waals surface area contributed by atoms with E-state index in [0.29, 0.717) is 15.7 Å². The van der Waals surface area contributed by atoms with Crippen LogP contribution in [0.5, 0.6) is 0 Å². The minimum absolute atomic E-state index is 0.0788. The average molecular weight is 347 g/mol. The highest BCUT2D eigenvalue weighted by Crippen LogP contribution is 2.25. The number of hydrogen-bond donors (Lipinski definition) is 2. The Bertz CT molecular complexity index is 769. The number of nitrogens with zero attached hydrogens (tertiary/aromatic N) is 2. The van der Waals surface area contributed by atoms with Gasteiger partial charge in [-0.1, -0.05) is 29.3 Å². The maximum Gasteiger partial charge on any atom is 0.263 e. The lowest BCUT2D eigenvalue weighted by atomic mass is 10.2. The molecule has 2 rings (SSSR count). The standard InChI is InChI=1S/C16H12Cl2N4O/c17-13-3-4-14(18)15(6-13)21-10-12(7-19)16(23)22-9-11-2-1-5-20-8-11/h1-6,8,10,21H,9H2,(H,22,23)/b12-10-. The molecular weight excluding hydrogens is 335 g/mol. The molecule has 1 aromatic carbocycles. The third-order valence-electron chi connectivity index (χ3n) is 2.84.